The van der Waals surface area contributed by atoms with Gasteiger partial charge in [0.2, 0.25) is 5.95 Å². The first-order valence-electron chi connectivity index (χ1n) is 7.82. The number of aromatic amines is 1. The fourth-order valence-corrected chi connectivity index (χ4v) is 3.27. The molecule has 5 heteroatoms. The fourth-order valence-electron chi connectivity index (χ4n) is 3.27. The first-order chi connectivity index (χ1) is 11.2. The number of hydrogen-bond acceptors (Lipinski definition) is 4. The predicted octanol–water partition coefficient (Wildman–Crippen LogP) is 2.48. The summed E-state index contributed by atoms with van der Waals surface area (Å²) in [5.74, 6) is 0.523. The van der Waals surface area contributed by atoms with Crippen molar-refractivity contribution in [1.82, 2.24) is 9.97 Å². The summed E-state index contributed by atoms with van der Waals surface area (Å²) < 4.78 is 0. The van der Waals surface area contributed by atoms with Crippen molar-refractivity contribution in [2.75, 3.05) is 5.32 Å². The Bertz CT molecular complexity index is 932. The molecule has 4 rings (SSSR count). The largest absolute Gasteiger partial charge is 0.349 e. The molecular formula is C18H18N4O. The van der Waals surface area contributed by atoms with Crippen LogP contribution >= 0.6 is 0 Å². The molecule has 0 radical (unpaired) electrons. The van der Waals surface area contributed by atoms with Crippen LogP contribution in [0, 0.1) is 0 Å². The summed E-state index contributed by atoms with van der Waals surface area (Å²) in [6.45, 7) is 0.560. The number of H-pyrrole nitrogens is 1. The first kappa shape index (κ1) is 14.0. The molecule has 1 aliphatic rings. The zero-order chi connectivity index (χ0) is 15.8. The maximum atomic E-state index is 12.2. The number of benzene rings is 2. The molecule has 116 valence electrons. The number of nitrogens with zero attached hydrogens (tertiary/aromatic N) is 1. The molecule has 0 aliphatic heterocycles. The summed E-state index contributed by atoms with van der Waals surface area (Å²) >= 11 is 0. The van der Waals surface area contributed by atoms with E-state index in [0.717, 1.165) is 18.4 Å². The van der Waals surface area contributed by atoms with Gasteiger partial charge in [0.1, 0.15) is 0 Å². The monoisotopic (exact) mass is 306 g/mol. The number of hydrogen-bond donors (Lipinski definition) is 3. The van der Waals surface area contributed by atoms with E-state index in [2.05, 4.69) is 33.5 Å². The van der Waals surface area contributed by atoms with E-state index < -0.39 is 0 Å². The lowest BCUT2D eigenvalue weighted by molar-refractivity contribution is 0.751. The van der Waals surface area contributed by atoms with Gasteiger partial charge >= 0.3 is 0 Å². The molecule has 0 saturated heterocycles. The van der Waals surface area contributed by atoms with Gasteiger partial charge in [0.25, 0.3) is 5.56 Å². The summed E-state index contributed by atoms with van der Waals surface area (Å²) in [4.78, 5) is 19.5. The van der Waals surface area contributed by atoms with Gasteiger partial charge in [-0.25, -0.2) is 4.98 Å². The summed E-state index contributed by atoms with van der Waals surface area (Å²) in [6.07, 6.45) is 2.00. The smallest absolute Gasteiger partial charge is 0.260 e. The van der Waals surface area contributed by atoms with E-state index >= 15 is 0 Å². The highest BCUT2D eigenvalue weighted by Gasteiger charge is 2.23. The second kappa shape index (κ2) is 5.52. The van der Waals surface area contributed by atoms with Gasteiger partial charge in [-0.2, -0.15) is 0 Å². The minimum atomic E-state index is -0.116. The molecule has 0 amide bonds. The standard InChI is InChI=1S/C18H18N4O/c19-10-11-5-7-13-12(9-11)6-8-16(13)21-18-20-15-4-2-1-3-14(15)17(23)22-18/h1-5,7,9,16H,6,8,10,19H2,(H2,20,21,22,23). The van der Waals surface area contributed by atoms with Crippen LogP contribution in [0.2, 0.25) is 0 Å². The molecular weight excluding hydrogens is 288 g/mol. The highest BCUT2D eigenvalue weighted by molar-refractivity contribution is 5.78. The highest BCUT2D eigenvalue weighted by atomic mass is 16.1. The number of aromatic nitrogens is 2. The summed E-state index contributed by atoms with van der Waals surface area (Å²) in [5, 5.41) is 3.98. The molecule has 0 spiro atoms. The first-order valence-corrected chi connectivity index (χ1v) is 7.82. The van der Waals surface area contributed by atoms with Crippen LogP contribution in [0.15, 0.2) is 47.3 Å². The molecule has 4 N–H and O–H groups in total. The molecule has 5 nitrogen and oxygen atoms in total. The number of fused-ring (bicyclic) bond motifs is 2. The van der Waals surface area contributed by atoms with E-state index in [1.165, 1.54) is 11.1 Å². The zero-order valence-electron chi connectivity index (χ0n) is 12.7. The van der Waals surface area contributed by atoms with Crippen LogP contribution < -0.4 is 16.6 Å². The van der Waals surface area contributed by atoms with Gasteiger partial charge in [-0.05, 0) is 41.7 Å². The lowest BCUT2D eigenvalue weighted by Gasteiger charge is -2.15. The SMILES string of the molecule is NCc1ccc2c(c1)CCC2Nc1nc2ccccc2c(=O)[nH]1. The number of nitrogens with two attached hydrogens (primary N) is 1. The fraction of sp³-hybridized carbons (Fsp3) is 0.222. The Balaban J connectivity index is 1.67. The van der Waals surface area contributed by atoms with Crippen molar-refractivity contribution in [3.8, 4) is 0 Å². The Labute approximate surface area is 133 Å². The van der Waals surface area contributed by atoms with Gasteiger partial charge < -0.3 is 11.1 Å². The third kappa shape index (κ3) is 2.49. The summed E-state index contributed by atoms with van der Waals surface area (Å²) in [6, 6.07) is 13.9. The van der Waals surface area contributed by atoms with E-state index in [1.54, 1.807) is 6.07 Å². The Morgan fingerprint density at radius 3 is 3.00 bits per heavy atom. The van der Waals surface area contributed by atoms with Gasteiger partial charge in [-0.1, -0.05) is 30.3 Å². The van der Waals surface area contributed by atoms with Crippen LogP contribution in [0.3, 0.4) is 0 Å². The molecule has 3 aromatic rings. The van der Waals surface area contributed by atoms with Crippen molar-refractivity contribution in [3.63, 3.8) is 0 Å². The maximum Gasteiger partial charge on any atom is 0.260 e. The average Bonchev–Trinajstić information content (AvgIpc) is 2.97. The summed E-state index contributed by atoms with van der Waals surface area (Å²) in [7, 11) is 0. The highest BCUT2D eigenvalue weighted by Crippen LogP contribution is 2.33. The molecule has 1 aliphatic carbocycles. The average molecular weight is 306 g/mol. The Morgan fingerprint density at radius 2 is 2.13 bits per heavy atom. The molecule has 1 unspecified atom stereocenters. The van der Waals surface area contributed by atoms with Crippen LogP contribution in [0.4, 0.5) is 5.95 Å². The Hall–Kier alpha value is -2.66. The summed E-state index contributed by atoms with van der Waals surface area (Å²) in [5.41, 5.74) is 10.0. The van der Waals surface area contributed by atoms with Gasteiger partial charge in [0, 0.05) is 6.54 Å². The predicted molar refractivity (Wildman–Crippen MR) is 91.4 cm³/mol. The molecule has 0 saturated carbocycles. The molecule has 2 aromatic carbocycles. The van der Waals surface area contributed by atoms with E-state index in [4.69, 9.17) is 5.73 Å². The number of aryl methyl sites for hydroxylation is 1. The number of para-hydroxylation sites is 1. The van der Waals surface area contributed by atoms with Crippen molar-refractivity contribution in [2.24, 2.45) is 5.73 Å². The Morgan fingerprint density at radius 1 is 1.26 bits per heavy atom. The van der Waals surface area contributed by atoms with Crippen molar-refractivity contribution in [2.45, 2.75) is 25.4 Å². The normalized spacial score (nSPS) is 16.5. The van der Waals surface area contributed by atoms with E-state index in [0.29, 0.717) is 23.4 Å². The molecule has 23 heavy (non-hydrogen) atoms. The second-order valence-corrected chi connectivity index (χ2v) is 5.90. The van der Waals surface area contributed by atoms with Crippen LogP contribution in [0.1, 0.15) is 29.2 Å². The minimum Gasteiger partial charge on any atom is -0.349 e. The zero-order valence-corrected chi connectivity index (χ0v) is 12.7. The van der Waals surface area contributed by atoms with Crippen molar-refractivity contribution >= 4 is 16.9 Å². The number of rotatable bonds is 3. The minimum absolute atomic E-state index is 0.116. The number of anilines is 1. The molecule has 0 bridgehead atoms. The van der Waals surface area contributed by atoms with Crippen LogP contribution in [0.5, 0.6) is 0 Å². The maximum absolute atomic E-state index is 12.2. The molecule has 1 atom stereocenters. The van der Waals surface area contributed by atoms with E-state index in [-0.39, 0.29) is 11.6 Å². The van der Waals surface area contributed by atoms with E-state index in [9.17, 15) is 4.79 Å². The lowest BCUT2D eigenvalue weighted by atomic mass is 10.0. The lowest BCUT2D eigenvalue weighted by Crippen LogP contribution is -2.16. The van der Waals surface area contributed by atoms with Gasteiger partial charge in [-0.15, -0.1) is 0 Å². The topological polar surface area (TPSA) is 83.8 Å². The third-order valence-electron chi connectivity index (χ3n) is 4.44. The van der Waals surface area contributed by atoms with Crippen molar-refractivity contribution < 1.29 is 0 Å². The Kier molecular flexibility index (Phi) is 3.35. The van der Waals surface area contributed by atoms with Crippen LogP contribution in [0.25, 0.3) is 10.9 Å². The number of nitrogens with one attached hydrogen (secondary N) is 2. The second-order valence-electron chi connectivity index (χ2n) is 5.90. The van der Waals surface area contributed by atoms with Crippen LogP contribution in [-0.2, 0) is 13.0 Å². The quantitative estimate of drug-likeness (QED) is 0.694. The van der Waals surface area contributed by atoms with E-state index in [1.807, 2.05) is 18.2 Å². The molecule has 1 aromatic heterocycles. The third-order valence-corrected chi connectivity index (χ3v) is 4.44. The molecule has 0 fully saturated rings. The van der Waals surface area contributed by atoms with Gasteiger partial charge in [0.15, 0.2) is 0 Å². The van der Waals surface area contributed by atoms with Gasteiger partial charge in [0.05, 0.1) is 16.9 Å². The van der Waals surface area contributed by atoms with Crippen molar-refractivity contribution in [3.05, 3.63) is 69.5 Å². The van der Waals surface area contributed by atoms with Crippen LogP contribution in [-0.4, -0.2) is 9.97 Å². The molecule has 1 heterocycles. The van der Waals surface area contributed by atoms with Crippen molar-refractivity contribution in [1.29, 1.82) is 0 Å². The van der Waals surface area contributed by atoms with Gasteiger partial charge in [-0.3, -0.25) is 9.78 Å².